The van der Waals surface area contributed by atoms with E-state index in [9.17, 15) is 0 Å². The van der Waals surface area contributed by atoms with Gasteiger partial charge in [-0.15, -0.1) is 0 Å². The van der Waals surface area contributed by atoms with Gasteiger partial charge in [0.15, 0.2) is 5.58 Å². The molecule has 0 aliphatic heterocycles. The second-order valence-electron chi connectivity index (χ2n) is 3.35. The zero-order valence-electron chi connectivity index (χ0n) is 8.23. The summed E-state index contributed by atoms with van der Waals surface area (Å²) in [5.74, 6) is 0. The van der Waals surface area contributed by atoms with Crippen LogP contribution in [0, 0.1) is 0 Å². The van der Waals surface area contributed by atoms with E-state index in [-0.39, 0.29) is 0 Å². The minimum absolute atomic E-state index is 0.723. The molecule has 0 radical (unpaired) electrons. The lowest BCUT2D eigenvalue weighted by atomic mass is 10.1. The van der Waals surface area contributed by atoms with E-state index in [1.54, 1.807) is 0 Å². The molecule has 0 aliphatic carbocycles. The molecule has 0 N–H and O–H groups in total. The molecule has 2 aromatic carbocycles. The first-order valence-corrected chi connectivity index (χ1v) is 5.92. The highest BCUT2D eigenvalue weighted by molar-refractivity contribution is 7.98. The van der Waals surface area contributed by atoms with Gasteiger partial charge in [0.1, 0.15) is 5.52 Å². The molecule has 15 heavy (non-hydrogen) atoms. The first-order chi connectivity index (χ1) is 7.36. The van der Waals surface area contributed by atoms with Crippen molar-refractivity contribution >= 4 is 33.6 Å². The smallest absolute Gasteiger partial charge is 0.256 e. The Morgan fingerprint density at radius 1 is 1.13 bits per heavy atom. The number of thioether (sulfide) groups is 1. The molecule has 0 amide bonds. The summed E-state index contributed by atoms with van der Waals surface area (Å²) < 4.78 is 5.58. The second-order valence-corrected chi connectivity index (χ2v) is 4.11. The first kappa shape index (κ1) is 8.80. The van der Waals surface area contributed by atoms with Crippen molar-refractivity contribution in [3.8, 4) is 0 Å². The zero-order valence-corrected chi connectivity index (χ0v) is 9.04. The van der Waals surface area contributed by atoms with E-state index in [4.69, 9.17) is 4.42 Å². The Labute approximate surface area is 91.3 Å². The van der Waals surface area contributed by atoms with E-state index < -0.39 is 0 Å². The van der Waals surface area contributed by atoms with Crippen LogP contribution in [0.1, 0.15) is 0 Å². The van der Waals surface area contributed by atoms with Crippen LogP contribution in [-0.2, 0) is 0 Å². The summed E-state index contributed by atoms with van der Waals surface area (Å²) in [5, 5.41) is 3.11. The van der Waals surface area contributed by atoms with Crippen molar-refractivity contribution in [1.29, 1.82) is 0 Å². The van der Waals surface area contributed by atoms with E-state index >= 15 is 0 Å². The van der Waals surface area contributed by atoms with Crippen LogP contribution in [0.5, 0.6) is 0 Å². The predicted octanol–water partition coefficient (Wildman–Crippen LogP) is 3.70. The van der Waals surface area contributed by atoms with E-state index in [1.807, 2.05) is 24.5 Å². The molecule has 1 heterocycles. The molecule has 0 spiro atoms. The van der Waals surface area contributed by atoms with Gasteiger partial charge in [-0.2, -0.15) is 0 Å². The number of fused-ring (bicyclic) bond motifs is 2. The monoisotopic (exact) mass is 215 g/mol. The molecule has 0 fully saturated rings. The van der Waals surface area contributed by atoms with Crippen LogP contribution in [0.25, 0.3) is 21.9 Å². The third-order valence-electron chi connectivity index (χ3n) is 2.41. The van der Waals surface area contributed by atoms with Gasteiger partial charge in [-0.25, -0.2) is 4.98 Å². The van der Waals surface area contributed by atoms with Crippen LogP contribution in [0.4, 0.5) is 0 Å². The highest BCUT2D eigenvalue weighted by Crippen LogP contribution is 2.26. The fraction of sp³-hybridized carbons (Fsp3) is 0.0833. The van der Waals surface area contributed by atoms with Crippen molar-refractivity contribution in [1.82, 2.24) is 4.98 Å². The normalized spacial score (nSPS) is 11.3. The number of aromatic nitrogens is 1. The number of rotatable bonds is 1. The van der Waals surface area contributed by atoms with Gasteiger partial charge < -0.3 is 4.42 Å². The Kier molecular flexibility index (Phi) is 1.92. The number of hydrogen-bond acceptors (Lipinski definition) is 3. The zero-order chi connectivity index (χ0) is 10.3. The van der Waals surface area contributed by atoms with Gasteiger partial charge >= 0.3 is 0 Å². The lowest BCUT2D eigenvalue weighted by Gasteiger charge is -1.94. The molecule has 0 atom stereocenters. The van der Waals surface area contributed by atoms with Gasteiger partial charge in [-0.05, 0) is 29.2 Å². The summed E-state index contributed by atoms with van der Waals surface area (Å²) in [6.07, 6.45) is 1.96. The standard InChI is InChI=1S/C12H9NOS/c1-15-12-13-10-6-8-4-2-3-5-9(8)7-11(10)14-12/h2-7H,1H3. The van der Waals surface area contributed by atoms with E-state index in [0.29, 0.717) is 0 Å². The van der Waals surface area contributed by atoms with E-state index in [2.05, 4.69) is 23.2 Å². The minimum atomic E-state index is 0.723. The molecule has 2 nitrogen and oxygen atoms in total. The summed E-state index contributed by atoms with van der Waals surface area (Å²) in [4.78, 5) is 4.38. The third-order valence-corrected chi connectivity index (χ3v) is 2.93. The van der Waals surface area contributed by atoms with Crippen molar-refractivity contribution in [2.24, 2.45) is 0 Å². The maximum Gasteiger partial charge on any atom is 0.256 e. The molecular weight excluding hydrogens is 206 g/mol. The fourth-order valence-electron chi connectivity index (χ4n) is 1.68. The highest BCUT2D eigenvalue weighted by Gasteiger charge is 2.05. The van der Waals surface area contributed by atoms with Crippen LogP contribution in [-0.4, -0.2) is 11.2 Å². The molecule has 74 valence electrons. The Hall–Kier alpha value is -1.48. The third kappa shape index (κ3) is 1.39. The Balaban J connectivity index is 2.39. The Bertz CT molecular complexity index is 577. The quantitative estimate of drug-likeness (QED) is 0.579. The molecule has 0 aliphatic rings. The number of nitrogens with zero attached hydrogens (tertiary/aromatic N) is 1. The van der Waals surface area contributed by atoms with Crippen molar-refractivity contribution in [2.45, 2.75) is 5.22 Å². The van der Waals surface area contributed by atoms with Gasteiger partial charge in [0.05, 0.1) is 0 Å². The largest absolute Gasteiger partial charge is 0.431 e. The Morgan fingerprint density at radius 3 is 2.60 bits per heavy atom. The van der Waals surface area contributed by atoms with Crippen LogP contribution in [0.15, 0.2) is 46.0 Å². The first-order valence-electron chi connectivity index (χ1n) is 4.70. The van der Waals surface area contributed by atoms with E-state index in [1.165, 1.54) is 22.5 Å². The summed E-state index contributed by atoms with van der Waals surface area (Å²) in [6, 6.07) is 12.3. The van der Waals surface area contributed by atoms with Crippen molar-refractivity contribution in [3.05, 3.63) is 36.4 Å². The van der Waals surface area contributed by atoms with Gasteiger partial charge in [0.25, 0.3) is 5.22 Å². The highest BCUT2D eigenvalue weighted by atomic mass is 32.2. The van der Waals surface area contributed by atoms with Crippen LogP contribution < -0.4 is 0 Å². The molecule has 0 bridgehead atoms. The number of benzene rings is 2. The van der Waals surface area contributed by atoms with Crippen molar-refractivity contribution in [3.63, 3.8) is 0 Å². The maximum atomic E-state index is 5.58. The molecular formula is C12H9NOS. The fourth-order valence-corrected chi connectivity index (χ4v) is 2.04. The molecule has 0 unspecified atom stereocenters. The number of oxazole rings is 1. The molecule has 0 saturated carbocycles. The predicted molar refractivity (Wildman–Crippen MR) is 63.3 cm³/mol. The average molecular weight is 215 g/mol. The topological polar surface area (TPSA) is 26.0 Å². The lowest BCUT2D eigenvalue weighted by Crippen LogP contribution is -1.72. The summed E-state index contributed by atoms with van der Waals surface area (Å²) in [6.45, 7) is 0. The average Bonchev–Trinajstić information content (AvgIpc) is 2.67. The minimum Gasteiger partial charge on any atom is -0.431 e. The molecule has 3 heteroatoms. The molecule has 1 aromatic heterocycles. The lowest BCUT2D eigenvalue weighted by molar-refractivity contribution is 0.490. The van der Waals surface area contributed by atoms with E-state index in [0.717, 1.165) is 16.3 Å². The second kappa shape index (κ2) is 3.28. The van der Waals surface area contributed by atoms with Gasteiger partial charge in [-0.3, -0.25) is 0 Å². The van der Waals surface area contributed by atoms with Crippen LogP contribution >= 0.6 is 11.8 Å². The van der Waals surface area contributed by atoms with Gasteiger partial charge in [-0.1, -0.05) is 36.0 Å². The van der Waals surface area contributed by atoms with Crippen molar-refractivity contribution in [2.75, 3.05) is 6.26 Å². The SMILES string of the molecule is CSc1nc2cc3ccccc3cc2o1. The van der Waals surface area contributed by atoms with Gasteiger partial charge in [0.2, 0.25) is 0 Å². The molecule has 3 aromatic rings. The molecule has 3 rings (SSSR count). The maximum absolute atomic E-state index is 5.58. The van der Waals surface area contributed by atoms with Gasteiger partial charge in [0, 0.05) is 0 Å². The summed E-state index contributed by atoms with van der Waals surface area (Å²) >= 11 is 1.52. The molecule has 0 saturated heterocycles. The van der Waals surface area contributed by atoms with Crippen LogP contribution in [0.3, 0.4) is 0 Å². The van der Waals surface area contributed by atoms with Crippen LogP contribution in [0.2, 0.25) is 0 Å². The number of hydrogen-bond donors (Lipinski definition) is 0. The summed E-state index contributed by atoms with van der Waals surface area (Å²) in [7, 11) is 0. The Morgan fingerprint density at radius 2 is 1.87 bits per heavy atom. The van der Waals surface area contributed by atoms with Crippen molar-refractivity contribution < 1.29 is 4.42 Å². The summed E-state index contributed by atoms with van der Waals surface area (Å²) in [5.41, 5.74) is 1.79.